The molecule has 1 aliphatic rings. The fourth-order valence-corrected chi connectivity index (χ4v) is 4.04. The Morgan fingerprint density at radius 3 is 2.42 bits per heavy atom. The Labute approximate surface area is 183 Å². The van der Waals surface area contributed by atoms with Crippen LogP contribution < -0.4 is 14.8 Å². The number of carbonyl (C=O) groups is 2. The van der Waals surface area contributed by atoms with Gasteiger partial charge in [-0.05, 0) is 25.1 Å². The second-order valence-electron chi connectivity index (χ2n) is 7.66. The molecule has 0 spiro atoms. The van der Waals surface area contributed by atoms with E-state index in [9.17, 15) is 9.59 Å². The van der Waals surface area contributed by atoms with Gasteiger partial charge in [0.25, 0.3) is 5.91 Å². The van der Waals surface area contributed by atoms with Gasteiger partial charge in [0.1, 0.15) is 0 Å². The number of nitrogens with zero attached hydrogens (tertiary/aromatic N) is 1. The average Bonchev–Trinajstić information content (AvgIpc) is 3.24. The highest BCUT2D eigenvalue weighted by molar-refractivity contribution is 5.95. The van der Waals surface area contributed by atoms with Gasteiger partial charge >= 0.3 is 0 Å². The predicted molar refractivity (Wildman–Crippen MR) is 118 cm³/mol. The number of ether oxygens (including phenoxy) is 3. The maximum absolute atomic E-state index is 13.2. The van der Waals surface area contributed by atoms with Crippen LogP contribution in [0.2, 0.25) is 0 Å². The minimum atomic E-state index is -0.410. The Kier molecular flexibility index (Phi) is 7.52. The molecule has 0 bridgehead atoms. The van der Waals surface area contributed by atoms with Gasteiger partial charge in [-0.15, -0.1) is 0 Å². The molecule has 1 fully saturated rings. The van der Waals surface area contributed by atoms with E-state index in [-0.39, 0.29) is 17.7 Å². The topological polar surface area (TPSA) is 77.1 Å². The molecule has 1 saturated heterocycles. The van der Waals surface area contributed by atoms with Gasteiger partial charge in [0, 0.05) is 43.8 Å². The molecule has 1 N–H and O–H groups in total. The first-order valence-electron chi connectivity index (χ1n) is 10.3. The van der Waals surface area contributed by atoms with Crippen molar-refractivity contribution in [2.24, 2.45) is 5.92 Å². The molecule has 0 saturated carbocycles. The molecular weight excluding hydrogens is 396 g/mol. The van der Waals surface area contributed by atoms with Crippen LogP contribution >= 0.6 is 0 Å². The largest absolute Gasteiger partial charge is 0.493 e. The average molecular weight is 427 g/mol. The molecule has 7 nitrogen and oxygen atoms in total. The van der Waals surface area contributed by atoms with Crippen molar-refractivity contribution in [1.82, 2.24) is 10.2 Å². The highest BCUT2D eigenvalue weighted by Gasteiger charge is 2.42. The van der Waals surface area contributed by atoms with Crippen LogP contribution in [0, 0.1) is 12.8 Å². The molecule has 2 aromatic rings. The van der Waals surface area contributed by atoms with Crippen molar-refractivity contribution in [3.63, 3.8) is 0 Å². The lowest BCUT2D eigenvalue weighted by atomic mass is 9.87. The van der Waals surface area contributed by atoms with Gasteiger partial charge in [-0.3, -0.25) is 9.59 Å². The van der Waals surface area contributed by atoms with E-state index in [0.29, 0.717) is 43.3 Å². The zero-order valence-corrected chi connectivity index (χ0v) is 18.5. The first-order chi connectivity index (χ1) is 15.0. The number of rotatable bonds is 8. The van der Waals surface area contributed by atoms with Crippen molar-refractivity contribution >= 4 is 11.8 Å². The van der Waals surface area contributed by atoms with Crippen LogP contribution in [-0.4, -0.2) is 64.3 Å². The minimum Gasteiger partial charge on any atom is -0.493 e. The number of hydrogen-bond acceptors (Lipinski definition) is 5. The molecule has 2 amide bonds. The molecule has 166 valence electrons. The summed E-state index contributed by atoms with van der Waals surface area (Å²) in [4.78, 5) is 27.9. The van der Waals surface area contributed by atoms with Crippen LogP contribution in [-0.2, 0) is 9.53 Å². The standard InChI is InChI=1S/C24H30N2O5/c1-16-8-10-17(11-9-16)24(28)26-14-19(20(15-26)23(27)25-12-13-29-2)18-6-5-7-21(30-3)22(18)31-4/h5-11,19-20H,12-15H2,1-4H3,(H,25,27)/t19-,20-/m0/s1. The van der Waals surface area contributed by atoms with Crippen LogP contribution in [0.3, 0.4) is 0 Å². The Morgan fingerprint density at radius 2 is 1.77 bits per heavy atom. The summed E-state index contributed by atoms with van der Waals surface area (Å²) in [7, 11) is 4.76. The Morgan fingerprint density at radius 1 is 1.03 bits per heavy atom. The summed E-state index contributed by atoms with van der Waals surface area (Å²) in [5, 5.41) is 2.92. The van der Waals surface area contributed by atoms with E-state index in [1.54, 1.807) is 26.2 Å². The first kappa shape index (κ1) is 22.6. The van der Waals surface area contributed by atoms with Gasteiger partial charge in [0.15, 0.2) is 11.5 Å². The van der Waals surface area contributed by atoms with Gasteiger partial charge in [-0.2, -0.15) is 0 Å². The van der Waals surface area contributed by atoms with Crippen LogP contribution in [0.5, 0.6) is 11.5 Å². The second-order valence-corrected chi connectivity index (χ2v) is 7.66. The number of benzene rings is 2. The normalized spacial score (nSPS) is 18.0. The van der Waals surface area contributed by atoms with Crippen molar-refractivity contribution in [2.75, 3.05) is 47.6 Å². The Hall–Kier alpha value is -3.06. The maximum Gasteiger partial charge on any atom is 0.253 e. The molecule has 2 aromatic carbocycles. The molecular formula is C24H30N2O5. The van der Waals surface area contributed by atoms with Gasteiger partial charge in [0.2, 0.25) is 5.91 Å². The number of carbonyl (C=O) groups excluding carboxylic acids is 2. The van der Waals surface area contributed by atoms with E-state index in [1.165, 1.54) is 0 Å². The number of methoxy groups -OCH3 is 3. The van der Waals surface area contributed by atoms with Crippen molar-refractivity contribution < 1.29 is 23.8 Å². The second kappa shape index (κ2) is 10.3. The minimum absolute atomic E-state index is 0.0842. The van der Waals surface area contributed by atoms with Crippen LogP contribution in [0.1, 0.15) is 27.4 Å². The molecule has 2 atom stereocenters. The molecule has 0 radical (unpaired) electrons. The number of nitrogens with one attached hydrogen (secondary N) is 1. The van der Waals surface area contributed by atoms with Gasteiger partial charge in [0.05, 0.1) is 26.7 Å². The highest BCUT2D eigenvalue weighted by Crippen LogP contribution is 2.42. The molecule has 3 rings (SSSR count). The molecule has 1 aliphatic heterocycles. The third-order valence-corrected chi connectivity index (χ3v) is 5.68. The van der Waals surface area contributed by atoms with E-state index in [1.807, 2.05) is 49.4 Å². The smallest absolute Gasteiger partial charge is 0.253 e. The predicted octanol–water partition coefficient (Wildman–Crippen LogP) is 2.63. The summed E-state index contributed by atoms with van der Waals surface area (Å²) in [5.41, 5.74) is 2.56. The maximum atomic E-state index is 13.2. The molecule has 0 aromatic heterocycles. The number of hydrogen-bond donors (Lipinski definition) is 1. The first-order valence-corrected chi connectivity index (χ1v) is 10.3. The van der Waals surface area contributed by atoms with E-state index in [2.05, 4.69) is 5.32 Å². The number of amides is 2. The SMILES string of the molecule is COCCNC(=O)[C@H]1CN(C(=O)c2ccc(C)cc2)C[C@H]1c1cccc(OC)c1OC. The summed E-state index contributed by atoms with van der Waals surface area (Å²) in [5.74, 6) is 0.371. The zero-order chi connectivity index (χ0) is 22.4. The van der Waals surface area contributed by atoms with Gasteiger partial charge in [-0.1, -0.05) is 29.8 Å². The van der Waals surface area contributed by atoms with E-state index in [4.69, 9.17) is 14.2 Å². The van der Waals surface area contributed by atoms with Gasteiger partial charge in [-0.25, -0.2) is 0 Å². The molecule has 7 heteroatoms. The van der Waals surface area contributed by atoms with Gasteiger partial charge < -0.3 is 24.4 Å². The van der Waals surface area contributed by atoms with E-state index in [0.717, 1.165) is 11.1 Å². The lowest BCUT2D eigenvalue weighted by Gasteiger charge is -2.21. The summed E-state index contributed by atoms with van der Waals surface area (Å²) >= 11 is 0. The summed E-state index contributed by atoms with van der Waals surface area (Å²) in [6.07, 6.45) is 0. The monoisotopic (exact) mass is 426 g/mol. The molecule has 0 aliphatic carbocycles. The Bertz CT molecular complexity index is 913. The number of likely N-dealkylation sites (tertiary alicyclic amines) is 1. The zero-order valence-electron chi connectivity index (χ0n) is 18.5. The molecule has 0 unspecified atom stereocenters. The fraction of sp³-hybridized carbons (Fsp3) is 0.417. The van der Waals surface area contributed by atoms with Crippen LogP contribution in [0.4, 0.5) is 0 Å². The van der Waals surface area contributed by atoms with E-state index >= 15 is 0 Å². The van der Waals surface area contributed by atoms with E-state index < -0.39 is 5.92 Å². The fourth-order valence-electron chi connectivity index (χ4n) is 4.04. The lowest BCUT2D eigenvalue weighted by Crippen LogP contribution is -2.37. The summed E-state index contributed by atoms with van der Waals surface area (Å²) in [6, 6.07) is 13.1. The quantitative estimate of drug-likeness (QED) is 0.657. The molecule has 1 heterocycles. The van der Waals surface area contributed by atoms with Crippen molar-refractivity contribution in [1.29, 1.82) is 0 Å². The van der Waals surface area contributed by atoms with Crippen molar-refractivity contribution in [3.8, 4) is 11.5 Å². The molecule has 31 heavy (non-hydrogen) atoms. The number of aryl methyl sites for hydroxylation is 1. The Balaban J connectivity index is 1.91. The third kappa shape index (κ3) is 4.99. The summed E-state index contributed by atoms with van der Waals surface area (Å²) < 4.78 is 16.1. The van der Waals surface area contributed by atoms with Crippen LogP contribution in [0.25, 0.3) is 0 Å². The van der Waals surface area contributed by atoms with Crippen molar-refractivity contribution in [2.45, 2.75) is 12.8 Å². The van der Waals surface area contributed by atoms with Crippen LogP contribution in [0.15, 0.2) is 42.5 Å². The third-order valence-electron chi connectivity index (χ3n) is 5.68. The lowest BCUT2D eigenvalue weighted by molar-refractivity contribution is -0.125. The highest BCUT2D eigenvalue weighted by atomic mass is 16.5. The summed E-state index contributed by atoms with van der Waals surface area (Å²) in [6.45, 7) is 3.57. The number of para-hydroxylation sites is 1. The van der Waals surface area contributed by atoms with Crippen molar-refractivity contribution in [3.05, 3.63) is 59.2 Å².